The number of hydrogen-bond donors (Lipinski definition) is 2. The largest absolute Gasteiger partial charge is 0.377 e. The summed E-state index contributed by atoms with van der Waals surface area (Å²) in [7, 11) is 0. The van der Waals surface area contributed by atoms with Gasteiger partial charge in [-0.15, -0.1) is 0 Å². The summed E-state index contributed by atoms with van der Waals surface area (Å²) in [6.07, 6.45) is 3.10. The van der Waals surface area contributed by atoms with Crippen LogP contribution in [-0.4, -0.2) is 40.1 Å². The highest BCUT2D eigenvalue weighted by Crippen LogP contribution is 2.34. The zero-order valence-corrected chi connectivity index (χ0v) is 15.1. The van der Waals surface area contributed by atoms with Gasteiger partial charge in [-0.25, -0.2) is 14.5 Å². The van der Waals surface area contributed by atoms with E-state index < -0.39 is 0 Å². The summed E-state index contributed by atoms with van der Waals surface area (Å²) in [5.41, 5.74) is 0.0939. The number of aryl methyl sites for hydroxylation is 2. The average Bonchev–Trinajstić information content (AvgIpc) is 3.10. The van der Waals surface area contributed by atoms with Crippen LogP contribution in [0.5, 0.6) is 0 Å². The molecule has 0 unspecified atom stereocenters. The molecule has 1 aromatic rings. The van der Waals surface area contributed by atoms with E-state index in [4.69, 9.17) is 4.74 Å². The molecule has 3 heterocycles. The predicted octanol–water partition coefficient (Wildman–Crippen LogP) is 2.17. The van der Waals surface area contributed by atoms with Gasteiger partial charge in [0.25, 0.3) is 0 Å². The van der Waals surface area contributed by atoms with Crippen molar-refractivity contribution in [3.63, 3.8) is 0 Å². The van der Waals surface area contributed by atoms with Crippen LogP contribution in [0.2, 0.25) is 0 Å². The molecule has 0 bridgehead atoms. The lowest BCUT2D eigenvalue weighted by Crippen LogP contribution is -2.44. The third-order valence-corrected chi connectivity index (χ3v) is 4.88. The zero-order valence-electron chi connectivity index (χ0n) is 15.1. The Balaban J connectivity index is 1.53. The van der Waals surface area contributed by atoms with Crippen LogP contribution < -0.4 is 10.6 Å². The molecule has 0 aliphatic carbocycles. The van der Waals surface area contributed by atoms with Gasteiger partial charge in [-0.1, -0.05) is 20.8 Å². The summed E-state index contributed by atoms with van der Waals surface area (Å²) < 4.78 is 7.78. The molecule has 1 fully saturated rings. The van der Waals surface area contributed by atoms with E-state index in [9.17, 15) is 4.79 Å². The topological polar surface area (TPSA) is 81.1 Å². The normalized spacial score (nSPS) is 26.9. The molecule has 24 heavy (non-hydrogen) atoms. The molecule has 2 amide bonds. The van der Waals surface area contributed by atoms with Gasteiger partial charge in [-0.05, 0) is 31.6 Å². The van der Waals surface area contributed by atoms with Gasteiger partial charge < -0.3 is 15.4 Å². The average molecular weight is 335 g/mol. The lowest BCUT2D eigenvalue weighted by atomic mass is 9.81. The van der Waals surface area contributed by atoms with Gasteiger partial charge >= 0.3 is 6.03 Å². The highest BCUT2D eigenvalue weighted by Gasteiger charge is 2.37. The number of fused-ring (bicyclic) bond motifs is 1. The highest BCUT2D eigenvalue weighted by molar-refractivity contribution is 5.74. The van der Waals surface area contributed by atoms with Crippen molar-refractivity contribution in [2.75, 3.05) is 13.2 Å². The molecule has 0 spiro atoms. The first kappa shape index (κ1) is 17.2. The molecule has 2 aliphatic rings. The lowest BCUT2D eigenvalue weighted by molar-refractivity contribution is 0.00773. The minimum atomic E-state index is -0.131. The van der Waals surface area contributed by atoms with Gasteiger partial charge in [-0.2, -0.15) is 5.10 Å². The maximum atomic E-state index is 12.3. The third kappa shape index (κ3) is 3.71. The molecule has 2 aliphatic heterocycles. The van der Waals surface area contributed by atoms with Crippen molar-refractivity contribution in [1.29, 1.82) is 0 Å². The van der Waals surface area contributed by atoms with Crippen molar-refractivity contribution in [1.82, 2.24) is 25.4 Å². The minimum Gasteiger partial charge on any atom is -0.377 e. The minimum absolute atomic E-state index is 0.0572. The van der Waals surface area contributed by atoms with E-state index in [-0.39, 0.29) is 23.6 Å². The van der Waals surface area contributed by atoms with Gasteiger partial charge in [0.2, 0.25) is 0 Å². The third-order valence-electron chi connectivity index (χ3n) is 4.88. The second kappa shape index (κ2) is 6.70. The van der Waals surface area contributed by atoms with E-state index in [0.29, 0.717) is 12.5 Å². The molecule has 0 aromatic carbocycles. The number of hydrogen-bond acceptors (Lipinski definition) is 4. The summed E-state index contributed by atoms with van der Waals surface area (Å²) in [5.74, 6) is 1.99. The Morgan fingerprint density at radius 2 is 2.17 bits per heavy atom. The predicted molar refractivity (Wildman–Crippen MR) is 90.6 cm³/mol. The second-order valence-corrected chi connectivity index (χ2v) is 8.00. The van der Waals surface area contributed by atoms with Crippen LogP contribution >= 0.6 is 0 Å². The van der Waals surface area contributed by atoms with Crippen molar-refractivity contribution in [2.24, 2.45) is 11.3 Å². The lowest BCUT2D eigenvalue weighted by Gasteiger charge is -2.31. The van der Waals surface area contributed by atoms with Crippen molar-refractivity contribution in [3.8, 4) is 0 Å². The molecule has 134 valence electrons. The molecule has 3 atom stereocenters. The quantitative estimate of drug-likeness (QED) is 0.887. The van der Waals surface area contributed by atoms with Crippen LogP contribution in [0, 0.1) is 18.3 Å². The summed E-state index contributed by atoms with van der Waals surface area (Å²) in [5, 5.41) is 10.4. The van der Waals surface area contributed by atoms with Crippen molar-refractivity contribution < 1.29 is 9.53 Å². The van der Waals surface area contributed by atoms with Crippen LogP contribution in [0.3, 0.4) is 0 Å². The molecule has 1 saturated heterocycles. The van der Waals surface area contributed by atoms with Crippen LogP contribution in [0.25, 0.3) is 0 Å². The molecular weight excluding hydrogens is 306 g/mol. The number of nitrogens with one attached hydrogen (secondary N) is 2. The van der Waals surface area contributed by atoms with E-state index in [2.05, 4.69) is 41.5 Å². The first-order chi connectivity index (χ1) is 11.3. The van der Waals surface area contributed by atoms with Crippen molar-refractivity contribution in [2.45, 2.75) is 65.6 Å². The Labute approximate surface area is 143 Å². The number of carbonyl (C=O) groups excluding carboxylic acids is 1. The molecule has 7 nitrogen and oxygen atoms in total. The van der Waals surface area contributed by atoms with Crippen molar-refractivity contribution >= 4 is 6.03 Å². The SMILES string of the molecule is Cc1nc2n(n1)CCC[C@@H]2NC(=O)NC[C@H]1CCO[C@H]1C(C)(C)C. The molecule has 2 N–H and O–H groups in total. The fourth-order valence-corrected chi connectivity index (χ4v) is 3.84. The van der Waals surface area contributed by atoms with Gasteiger partial charge in [0.15, 0.2) is 0 Å². The monoisotopic (exact) mass is 335 g/mol. The number of urea groups is 1. The van der Waals surface area contributed by atoms with Gasteiger partial charge in [0.05, 0.1) is 12.1 Å². The van der Waals surface area contributed by atoms with Crippen LogP contribution in [-0.2, 0) is 11.3 Å². The zero-order chi connectivity index (χ0) is 17.3. The maximum absolute atomic E-state index is 12.3. The Bertz CT molecular complexity index is 592. The molecule has 0 saturated carbocycles. The number of nitrogens with zero attached hydrogens (tertiary/aromatic N) is 3. The molecule has 0 radical (unpaired) electrons. The molecular formula is C17H29N5O2. The van der Waals surface area contributed by atoms with Crippen LogP contribution in [0.4, 0.5) is 4.79 Å². The molecule has 3 rings (SSSR count). The number of carbonyl (C=O) groups is 1. The Morgan fingerprint density at radius 3 is 2.92 bits per heavy atom. The van der Waals surface area contributed by atoms with Crippen molar-refractivity contribution in [3.05, 3.63) is 11.6 Å². The summed E-state index contributed by atoms with van der Waals surface area (Å²) in [4.78, 5) is 16.8. The Hall–Kier alpha value is -1.63. The number of amides is 2. The smallest absolute Gasteiger partial charge is 0.315 e. The summed E-state index contributed by atoms with van der Waals surface area (Å²) in [6.45, 7) is 10.7. The van der Waals surface area contributed by atoms with Gasteiger partial charge in [-0.3, -0.25) is 0 Å². The van der Waals surface area contributed by atoms with E-state index in [0.717, 1.165) is 44.1 Å². The van der Waals surface area contributed by atoms with E-state index in [1.165, 1.54) is 0 Å². The Morgan fingerprint density at radius 1 is 1.38 bits per heavy atom. The van der Waals surface area contributed by atoms with E-state index in [1.54, 1.807) is 0 Å². The van der Waals surface area contributed by atoms with Gasteiger partial charge in [0, 0.05) is 25.6 Å². The number of ether oxygens (including phenoxy) is 1. The highest BCUT2D eigenvalue weighted by atomic mass is 16.5. The first-order valence-corrected chi connectivity index (χ1v) is 8.92. The van der Waals surface area contributed by atoms with Gasteiger partial charge in [0.1, 0.15) is 11.6 Å². The second-order valence-electron chi connectivity index (χ2n) is 8.00. The fraction of sp³-hybridized carbons (Fsp3) is 0.824. The standard InChI is InChI=1S/C17H29N5O2/c1-11-19-15-13(6-5-8-22(15)21-11)20-16(23)18-10-12-7-9-24-14(12)17(2,3)4/h12-14H,5-10H2,1-4H3,(H2,18,20,23)/t12-,13+,14-/m1/s1. The van der Waals surface area contributed by atoms with Crippen LogP contribution in [0.15, 0.2) is 0 Å². The number of rotatable bonds is 3. The fourth-order valence-electron chi connectivity index (χ4n) is 3.84. The first-order valence-electron chi connectivity index (χ1n) is 8.92. The summed E-state index contributed by atoms with van der Waals surface area (Å²) in [6, 6.07) is -0.188. The van der Waals surface area contributed by atoms with Crippen LogP contribution in [0.1, 0.15) is 57.7 Å². The molecule has 1 aromatic heterocycles. The number of aromatic nitrogens is 3. The molecule has 7 heteroatoms. The maximum Gasteiger partial charge on any atom is 0.315 e. The van der Waals surface area contributed by atoms with E-state index >= 15 is 0 Å². The Kier molecular flexibility index (Phi) is 4.80. The van der Waals surface area contributed by atoms with E-state index in [1.807, 2.05) is 11.6 Å². The summed E-state index contributed by atoms with van der Waals surface area (Å²) >= 11 is 0.